The molecule has 0 unspecified atom stereocenters. The number of carboxylic acid groups (broad SMARTS) is 1. The van der Waals surface area contributed by atoms with E-state index in [0.29, 0.717) is 17.8 Å². The van der Waals surface area contributed by atoms with E-state index in [0.717, 1.165) is 25.5 Å². The number of amides is 1. The molecule has 1 rings (SSSR count). The molecular weight excluding hydrogens is 302 g/mol. The molecule has 0 heterocycles. The van der Waals surface area contributed by atoms with Gasteiger partial charge in [-0.2, -0.15) is 0 Å². The Hall–Kier alpha value is -1.84. The van der Waals surface area contributed by atoms with Gasteiger partial charge in [0.05, 0.1) is 0 Å². The molecule has 0 aliphatic carbocycles. The summed E-state index contributed by atoms with van der Waals surface area (Å²) in [5.41, 5.74) is 1.07. The van der Waals surface area contributed by atoms with Crippen molar-refractivity contribution in [3.63, 3.8) is 0 Å². The Bertz CT molecular complexity index is 488. The van der Waals surface area contributed by atoms with Crippen molar-refractivity contribution < 1.29 is 14.7 Å². The number of anilines is 1. The van der Waals surface area contributed by atoms with Crippen molar-refractivity contribution in [1.29, 1.82) is 0 Å². The predicted octanol–water partition coefficient (Wildman–Crippen LogP) is 5.90. The number of unbranched alkanes of at least 4 members (excludes halogenated alkanes) is 9. The summed E-state index contributed by atoms with van der Waals surface area (Å²) < 4.78 is 0. The molecule has 0 aromatic heterocycles. The van der Waals surface area contributed by atoms with Crippen LogP contribution in [0.4, 0.5) is 10.5 Å². The standard InChI is InChI=1S/C20H31NO3/c1-2-3-4-5-6-7-8-9-10-11-15-21(20(23)24)19-14-12-13-18(16-19)17-22/h12-14,16-17H,2-11,15H2,1H3,(H,23,24). The highest BCUT2D eigenvalue weighted by atomic mass is 16.4. The summed E-state index contributed by atoms with van der Waals surface area (Å²) in [5, 5.41) is 9.37. The first-order valence-corrected chi connectivity index (χ1v) is 9.24. The first kappa shape index (κ1) is 20.2. The lowest BCUT2D eigenvalue weighted by Crippen LogP contribution is -2.30. The number of nitrogens with zero attached hydrogens (tertiary/aromatic N) is 1. The van der Waals surface area contributed by atoms with Gasteiger partial charge in [0.15, 0.2) is 0 Å². The van der Waals surface area contributed by atoms with Crippen molar-refractivity contribution >= 4 is 18.1 Å². The molecule has 0 radical (unpaired) electrons. The second-order valence-electron chi connectivity index (χ2n) is 6.33. The molecule has 24 heavy (non-hydrogen) atoms. The van der Waals surface area contributed by atoms with Crippen molar-refractivity contribution in [3.05, 3.63) is 29.8 Å². The van der Waals surface area contributed by atoms with Gasteiger partial charge in [-0.05, 0) is 18.6 Å². The van der Waals surface area contributed by atoms with E-state index in [-0.39, 0.29) is 0 Å². The highest BCUT2D eigenvalue weighted by Gasteiger charge is 2.13. The molecule has 0 fully saturated rings. The van der Waals surface area contributed by atoms with Crippen LogP contribution in [0.2, 0.25) is 0 Å². The normalized spacial score (nSPS) is 10.5. The minimum atomic E-state index is -0.964. The van der Waals surface area contributed by atoms with Crippen molar-refractivity contribution in [3.8, 4) is 0 Å². The van der Waals surface area contributed by atoms with Crippen LogP contribution in [-0.2, 0) is 0 Å². The lowest BCUT2D eigenvalue weighted by atomic mass is 10.1. The van der Waals surface area contributed by atoms with Gasteiger partial charge in [0.25, 0.3) is 0 Å². The van der Waals surface area contributed by atoms with Gasteiger partial charge in [-0.3, -0.25) is 9.69 Å². The van der Waals surface area contributed by atoms with E-state index in [2.05, 4.69) is 6.92 Å². The van der Waals surface area contributed by atoms with Crippen LogP contribution in [0.5, 0.6) is 0 Å². The van der Waals surface area contributed by atoms with Gasteiger partial charge in [0.1, 0.15) is 6.29 Å². The van der Waals surface area contributed by atoms with Crippen LogP contribution in [0.15, 0.2) is 24.3 Å². The Morgan fingerprint density at radius 3 is 2.12 bits per heavy atom. The van der Waals surface area contributed by atoms with E-state index < -0.39 is 6.09 Å². The molecule has 0 bridgehead atoms. The largest absolute Gasteiger partial charge is 0.465 e. The fraction of sp³-hybridized carbons (Fsp3) is 0.600. The Balaban J connectivity index is 2.23. The van der Waals surface area contributed by atoms with E-state index in [1.54, 1.807) is 24.3 Å². The molecule has 0 spiro atoms. The van der Waals surface area contributed by atoms with Gasteiger partial charge in [-0.1, -0.05) is 76.8 Å². The zero-order chi connectivity index (χ0) is 17.6. The summed E-state index contributed by atoms with van der Waals surface area (Å²) in [7, 11) is 0. The van der Waals surface area contributed by atoms with Crippen LogP contribution < -0.4 is 4.90 Å². The smallest absolute Gasteiger partial charge is 0.411 e. The van der Waals surface area contributed by atoms with E-state index in [1.165, 1.54) is 49.8 Å². The summed E-state index contributed by atoms with van der Waals surface area (Å²) >= 11 is 0. The molecule has 0 saturated carbocycles. The SMILES string of the molecule is CCCCCCCCCCCCN(C(=O)O)c1cccc(C=O)c1. The molecule has 1 amide bonds. The molecule has 134 valence electrons. The third-order valence-corrected chi connectivity index (χ3v) is 4.28. The maximum atomic E-state index is 11.4. The van der Waals surface area contributed by atoms with Gasteiger partial charge in [0.2, 0.25) is 0 Å². The van der Waals surface area contributed by atoms with Gasteiger partial charge in [0, 0.05) is 17.8 Å². The van der Waals surface area contributed by atoms with Gasteiger partial charge in [-0.15, -0.1) is 0 Å². The molecule has 4 nitrogen and oxygen atoms in total. The first-order valence-electron chi connectivity index (χ1n) is 9.24. The number of carbonyl (C=O) groups is 2. The molecular formula is C20H31NO3. The molecule has 1 aromatic carbocycles. The predicted molar refractivity (Wildman–Crippen MR) is 99.0 cm³/mol. The zero-order valence-electron chi connectivity index (χ0n) is 14.9. The summed E-state index contributed by atoms with van der Waals surface area (Å²) in [4.78, 5) is 23.6. The first-order chi connectivity index (χ1) is 11.7. The Morgan fingerprint density at radius 1 is 1.00 bits per heavy atom. The van der Waals surface area contributed by atoms with Crippen molar-refractivity contribution in [1.82, 2.24) is 0 Å². The number of benzene rings is 1. The highest BCUT2D eigenvalue weighted by Crippen LogP contribution is 2.17. The van der Waals surface area contributed by atoms with Crippen LogP contribution >= 0.6 is 0 Å². The maximum absolute atomic E-state index is 11.4. The number of rotatable bonds is 13. The van der Waals surface area contributed by atoms with Crippen LogP contribution in [0, 0.1) is 0 Å². The van der Waals surface area contributed by atoms with Crippen LogP contribution in [-0.4, -0.2) is 24.0 Å². The zero-order valence-corrected chi connectivity index (χ0v) is 14.9. The Morgan fingerprint density at radius 2 is 1.58 bits per heavy atom. The molecule has 1 aromatic rings. The maximum Gasteiger partial charge on any atom is 0.411 e. The molecule has 0 aliphatic rings. The second kappa shape index (κ2) is 12.6. The average Bonchev–Trinajstić information content (AvgIpc) is 2.59. The number of aldehydes is 1. The van der Waals surface area contributed by atoms with E-state index >= 15 is 0 Å². The minimum Gasteiger partial charge on any atom is -0.465 e. The van der Waals surface area contributed by atoms with Crippen molar-refractivity contribution in [2.24, 2.45) is 0 Å². The van der Waals surface area contributed by atoms with Gasteiger partial charge < -0.3 is 5.11 Å². The highest BCUT2D eigenvalue weighted by molar-refractivity contribution is 5.87. The van der Waals surface area contributed by atoms with E-state index in [1.807, 2.05) is 0 Å². The lowest BCUT2D eigenvalue weighted by molar-refractivity contribution is 0.112. The topological polar surface area (TPSA) is 57.6 Å². The van der Waals surface area contributed by atoms with Gasteiger partial charge >= 0.3 is 6.09 Å². The molecule has 4 heteroatoms. The van der Waals surface area contributed by atoms with Crippen molar-refractivity contribution in [2.45, 2.75) is 71.1 Å². The van der Waals surface area contributed by atoms with Gasteiger partial charge in [-0.25, -0.2) is 4.79 Å². The molecule has 0 aliphatic heterocycles. The summed E-state index contributed by atoms with van der Waals surface area (Å²) in [5.74, 6) is 0. The van der Waals surface area contributed by atoms with Crippen LogP contribution in [0.1, 0.15) is 81.5 Å². The summed E-state index contributed by atoms with van der Waals surface area (Å²) in [6.07, 6.45) is 12.0. The molecule has 0 atom stereocenters. The number of carbonyl (C=O) groups excluding carboxylic acids is 1. The molecule has 0 saturated heterocycles. The average molecular weight is 333 g/mol. The monoisotopic (exact) mass is 333 g/mol. The number of hydrogen-bond donors (Lipinski definition) is 1. The minimum absolute atomic E-state index is 0.480. The molecule has 1 N–H and O–H groups in total. The van der Waals surface area contributed by atoms with Crippen LogP contribution in [0.3, 0.4) is 0 Å². The number of hydrogen-bond acceptors (Lipinski definition) is 2. The fourth-order valence-electron chi connectivity index (χ4n) is 2.86. The van der Waals surface area contributed by atoms with E-state index in [4.69, 9.17) is 0 Å². The fourth-order valence-corrected chi connectivity index (χ4v) is 2.86. The van der Waals surface area contributed by atoms with Crippen molar-refractivity contribution in [2.75, 3.05) is 11.4 Å². The van der Waals surface area contributed by atoms with Crippen LogP contribution in [0.25, 0.3) is 0 Å². The summed E-state index contributed by atoms with van der Waals surface area (Å²) in [6.45, 7) is 2.71. The third kappa shape index (κ3) is 8.14. The Kier molecular flexibility index (Phi) is 10.6. The third-order valence-electron chi connectivity index (χ3n) is 4.28. The lowest BCUT2D eigenvalue weighted by Gasteiger charge is -2.19. The summed E-state index contributed by atoms with van der Waals surface area (Å²) in [6, 6.07) is 6.75. The Labute approximate surface area is 145 Å². The second-order valence-corrected chi connectivity index (χ2v) is 6.33. The van der Waals surface area contributed by atoms with E-state index in [9.17, 15) is 14.7 Å². The quantitative estimate of drug-likeness (QED) is 0.361.